The van der Waals surface area contributed by atoms with Crippen LogP contribution in [-0.4, -0.2) is 21.8 Å². The number of anilines is 1. The minimum Gasteiger partial charge on any atom is -0.495 e. The third-order valence-electron chi connectivity index (χ3n) is 6.37. The molecular formula is C27H24Cl2N4OS. The molecule has 2 unspecified atom stereocenters. The fraction of sp³-hybridized carbons (Fsp3) is 0.185. The van der Waals surface area contributed by atoms with Gasteiger partial charge >= 0.3 is 0 Å². The molecule has 5 nitrogen and oxygen atoms in total. The van der Waals surface area contributed by atoms with Gasteiger partial charge in [0.1, 0.15) is 5.75 Å². The number of nitrogens with one attached hydrogen (secondary N) is 1. The van der Waals surface area contributed by atoms with Crippen molar-refractivity contribution < 1.29 is 4.74 Å². The van der Waals surface area contributed by atoms with Crippen LogP contribution in [0.3, 0.4) is 0 Å². The second-order valence-corrected chi connectivity index (χ2v) is 9.71. The van der Waals surface area contributed by atoms with Crippen LogP contribution in [0.5, 0.6) is 5.75 Å². The number of ether oxygens (including phenoxy) is 1. The van der Waals surface area contributed by atoms with Gasteiger partial charge in [0.25, 0.3) is 0 Å². The maximum atomic E-state index is 6.38. The summed E-state index contributed by atoms with van der Waals surface area (Å²) in [6, 6.07) is 21.2. The van der Waals surface area contributed by atoms with Crippen LogP contribution in [-0.2, 0) is 0 Å². The molecule has 0 aliphatic carbocycles. The van der Waals surface area contributed by atoms with Crippen molar-refractivity contribution in [2.45, 2.75) is 25.9 Å². The molecule has 1 aliphatic heterocycles. The molecule has 1 N–H and O–H groups in total. The summed E-state index contributed by atoms with van der Waals surface area (Å²) in [5.74, 6) is 0.749. The second-order valence-electron chi connectivity index (χ2n) is 8.45. The number of halogens is 2. The topological polar surface area (TPSA) is 42.3 Å². The van der Waals surface area contributed by atoms with Crippen molar-refractivity contribution in [1.82, 2.24) is 14.9 Å². The van der Waals surface area contributed by atoms with Crippen LogP contribution in [0.4, 0.5) is 5.69 Å². The molecule has 35 heavy (non-hydrogen) atoms. The van der Waals surface area contributed by atoms with E-state index >= 15 is 0 Å². The number of aryl methyl sites for hydroxylation is 1. The van der Waals surface area contributed by atoms with E-state index < -0.39 is 0 Å². The molecule has 1 aliphatic rings. The fourth-order valence-electron chi connectivity index (χ4n) is 4.85. The standard InChI is InChI=1S/C27H24Cl2N4OS/c1-16-14-21(17(2)32(16)23-15-19(29)9-12-24(23)34-3)26-25(22-6-4-5-13-30-22)31-27(35)33(26)20-10-7-18(28)8-11-20/h4-15,25-26H,1-3H3,(H,31,35). The number of rotatable bonds is 5. The van der Waals surface area contributed by atoms with Gasteiger partial charge in [0.2, 0.25) is 0 Å². The van der Waals surface area contributed by atoms with E-state index in [0.717, 1.165) is 39.8 Å². The molecule has 2 aromatic heterocycles. The van der Waals surface area contributed by atoms with Crippen LogP contribution in [0.1, 0.15) is 34.7 Å². The molecule has 0 amide bonds. The number of methoxy groups -OCH3 is 1. The molecule has 5 rings (SSSR count). The molecule has 0 bridgehead atoms. The average Bonchev–Trinajstić information content (AvgIpc) is 3.35. The van der Waals surface area contributed by atoms with Gasteiger partial charge in [-0.25, -0.2) is 0 Å². The molecule has 4 aromatic rings. The van der Waals surface area contributed by atoms with Gasteiger partial charge in [0.15, 0.2) is 5.11 Å². The van der Waals surface area contributed by atoms with Crippen molar-refractivity contribution >= 4 is 46.2 Å². The van der Waals surface area contributed by atoms with Crippen LogP contribution in [0.2, 0.25) is 10.0 Å². The average molecular weight is 523 g/mol. The van der Waals surface area contributed by atoms with Gasteiger partial charge in [-0.2, -0.15) is 0 Å². The monoisotopic (exact) mass is 522 g/mol. The van der Waals surface area contributed by atoms with Crippen LogP contribution in [0, 0.1) is 13.8 Å². The molecule has 1 saturated heterocycles. The first-order valence-electron chi connectivity index (χ1n) is 11.2. The lowest BCUT2D eigenvalue weighted by molar-refractivity contribution is 0.412. The highest BCUT2D eigenvalue weighted by molar-refractivity contribution is 7.80. The van der Waals surface area contributed by atoms with Gasteiger partial charge in [0.05, 0.1) is 30.6 Å². The lowest BCUT2D eigenvalue weighted by atomic mass is 9.96. The van der Waals surface area contributed by atoms with E-state index in [2.05, 4.69) is 39.7 Å². The van der Waals surface area contributed by atoms with E-state index in [1.165, 1.54) is 0 Å². The highest BCUT2D eigenvalue weighted by Gasteiger charge is 2.42. The molecule has 2 atom stereocenters. The first-order chi connectivity index (χ1) is 16.9. The first kappa shape index (κ1) is 23.7. The smallest absolute Gasteiger partial charge is 0.174 e. The lowest BCUT2D eigenvalue weighted by Gasteiger charge is -2.28. The van der Waals surface area contributed by atoms with Gasteiger partial charge in [-0.05, 0) is 92.3 Å². The largest absolute Gasteiger partial charge is 0.495 e. The molecule has 178 valence electrons. The van der Waals surface area contributed by atoms with Crippen LogP contribution in [0.15, 0.2) is 72.9 Å². The van der Waals surface area contributed by atoms with E-state index in [9.17, 15) is 0 Å². The van der Waals surface area contributed by atoms with Crippen LogP contribution >= 0.6 is 35.4 Å². The second kappa shape index (κ2) is 9.53. The number of thiocarbonyl (C=S) groups is 1. The zero-order chi connectivity index (χ0) is 24.7. The predicted molar refractivity (Wildman–Crippen MR) is 146 cm³/mol. The quantitative estimate of drug-likeness (QED) is 0.286. The Morgan fingerprint density at radius 1 is 0.971 bits per heavy atom. The summed E-state index contributed by atoms with van der Waals surface area (Å²) in [6.45, 7) is 4.19. The van der Waals surface area contributed by atoms with Crippen molar-refractivity contribution in [2.24, 2.45) is 0 Å². The molecule has 3 heterocycles. The Balaban J connectivity index is 1.70. The van der Waals surface area contributed by atoms with Gasteiger partial charge in [-0.1, -0.05) is 29.3 Å². The Kier molecular flexibility index (Phi) is 6.45. The Morgan fingerprint density at radius 3 is 2.40 bits per heavy atom. The molecule has 0 saturated carbocycles. The van der Waals surface area contributed by atoms with E-state index in [0.29, 0.717) is 15.2 Å². The minimum atomic E-state index is -0.144. The van der Waals surface area contributed by atoms with E-state index in [1.54, 1.807) is 7.11 Å². The predicted octanol–water partition coefficient (Wildman–Crippen LogP) is 6.98. The highest BCUT2D eigenvalue weighted by Crippen LogP contribution is 2.44. The number of benzene rings is 2. The van der Waals surface area contributed by atoms with Gasteiger partial charge < -0.3 is 19.5 Å². The molecule has 8 heteroatoms. The van der Waals surface area contributed by atoms with Gasteiger partial charge in [-0.3, -0.25) is 4.98 Å². The Morgan fingerprint density at radius 2 is 1.71 bits per heavy atom. The number of hydrogen-bond acceptors (Lipinski definition) is 3. The van der Waals surface area contributed by atoms with Crippen molar-refractivity contribution in [3.05, 3.63) is 106 Å². The SMILES string of the molecule is COc1ccc(Cl)cc1-n1c(C)cc(C2C(c3ccccn3)NC(=S)N2c2ccc(Cl)cc2)c1C. The number of hydrogen-bond donors (Lipinski definition) is 1. The number of aromatic nitrogens is 2. The minimum absolute atomic E-state index is 0.135. The van der Waals surface area contributed by atoms with E-state index in [-0.39, 0.29) is 12.1 Å². The summed E-state index contributed by atoms with van der Waals surface area (Å²) in [7, 11) is 1.67. The van der Waals surface area contributed by atoms with Crippen molar-refractivity contribution in [3.63, 3.8) is 0 Å². The Hall–Kier alpha value is -3.06. The molecule has 1 fully saturated rings. The summed E-state index contributed by atoms with van der Waals surface area (Å²) in [5.41, 5.74) is 6.03. The molecule has 0 radical (unpaired) electrons. The summed E-state index contributed by atoms with van der Waals surface area (Å²) in [5, 5.41) is 5.48. The maximum absolute atomic E-state index is 6.38. The maximum Gasteiger partial charge on any atom is 0.174 e. The third-order valence-corrected chi connectivity index (χ3v) is 7.18. The van der Waals surface area contributed by atoms with Crippen molar-refractivity contribution in [3.8, 4) is 11.4 Å². The Labute approximate surface area is 220 Å². The summed E-state index contributed by atoms with van der Waals surface area (Å²) in [4.78, 5) is 6.80. The highest BCUT2D eigenvalue weighted by atomic mass is 35.5. The number of pyridine rings is 1. The van der Waals surface area contributed by atoms with E-state index in [1.807, 2.05) is 66.9 Å². The zero-order valence-electron chi connectivity index (χ0n) is 19.5. The summed E-state index contributed by atoms with van der Waals surface area (Å²) in [6.07, 6.45) is 1.81. The fourth-order valence-corrected chi connectivity index (χ4v) is 5.48. The lowest BCUT2D eigenvalue weighted by Crippen LogP contribution is -2.29. The molecule has 2 aromatic carbocycles. The van der Waals surface area contributed by atoms with Crippen LogP contribution in [0.25, 0.3) is 5.69 Å². The molecule has 0 spiro atoms. The normalized spacial score (nSPS) is 17.5. The third kappa shape index (κ3) is 4.27. The van der Waals surface area contributed by atoms with Gasteiger partial charge in [0, 0.05) is 33.3 Å². The first-order valence-corrected chi connectivity index (χ1v) is 12.3. The Bertz CT molecular complexity index is 1390. The van der Waals surface area contributed by atoms with Crippen molar-refractivity contribution in [1.29, 1.82) is 0 Å². The van der Waals surface area contributed by atoms with Crippen molar-refractivity contribution in [2.75, 3.05) is 12.0 Å². The summed E-state index contributed by atoms with van der Waals surface area (Å²) >= 11 is 18.4. The zero-order valence-corrected chi connectivity index (χ0v) is 21.8. The summed E-state index contributed by atoms with van der Waals surface area (Å²) < 4.78 is 7.84. The molecular weight excluding hydrogens is 499 g/mol. The van der Waals surface area contributed by atoms with Gasteiger partial charge in [-0.15, -0.1) is 0 Å². The number of nitrogens with zero attached hydrogens (tertiary/aromatic N) is 3. The van der Waals surface area contributed by atoms with E-state index in [4.69, 9.17) is 40.2 Å². The van der Waals surface area contributed by atoms with Crippen LogP contribution < -0.4 is 15.0 Å².